The molecule has 120 valence electrons. The van der Waals surface area contributed by atoms with Crippen molar-refractivity contribution in [2.24, 2.45) is 0 Å². The van der Waals surface area contributed by atoms with Crippen LogP contribution in [-0.4, -0.2) is 34.2 Å². The lowest BCUT2D eigenvalue weighted by atomic mass is 10.1. The van der Waals surface area contributed by atoms with Gasteiger partial charge in [0.05, 0.1) is 18.7 Å². The van der Waals surface area contributed by atoms with Gasteiger partial charge in [-0.05, 0) is 35.8 Å². The number of hydrogen-bond donors (Lipinski definition) is 0. The number of rotatable bonds is 4. The average Bonchev–Trinajstić information content (AvgIpc) is 3.15. The van der Waals surface area contributed by atoms with Crippen LogP contribution in [-0.2, 0) is 27.3 Å². The molecule has 0 fully saturated rings. The van der Waals surface area contributed by atoms with Crippen molar-refractivity contribution in [3.63, 3.8) is 0 Å². The van der Waals surface area contributed by atoms with E-state index < -0.39 is 11.2 Å². The van der Waals surface area contributed by atoms with Gasteiger partial charge in [-0.3, -0.25) is 9.59 Å². The Kier molecular flexibility index (Phi) is 4.28. The summed E-state index contributed by atoms with van der Waals surface area (Å²) in [5.74, 6) is -0.714. The zero-order valence-corrected chi connectivity index (χ0v) is 13.8. The van der Waals surface area contributed by atoms with Crippen molar-refractivity contribution in [3.8, 4) is 0 Å². The molecule has 0 N–H and O–H groups in total. The Morgan fingerprint density at radius 1 is 1.30 bits per heavy atom. The molecule has 1 aromatic heterocycles. The fraction of sp³-hybridized carbons (Fsp3) is 0.294. The van der Waals surface area contributed by atoms with Crippen LogP contribution in [0.4, 0.5) is 0 Å². The molecule has 2 atom stereocenters. The molecule has 3 rings (SSSR count). The Labute approximate surface area is 137 Å². The van der Waals surface area contributed by atoms with E-state index in [2.05, 4.69) is 0 Å². The summed E-state index contributed by atoms with van der Waals surface area (Å²) in [4.78, 5) is 25.2. The number of nitrogens with zero attached hydrogens (tertiary/aromatic N) is 1. The van der Waals surface area contributed by atoms with Crippen molar-refractivity contribution in [2.75, 3.05) is 13.4 Å². The van der Waals surface area contributed by atoms with Gasteiger partial charge in [-0.1, -0.05) is 12.1 Å². The highest BCUT2D eigenvalue weighted by Gasteiger charge is 2.32. The summed E-state index contributed by atoms with van der Waals surface area (Å²) in [6.07, 6.45) is 2.22. The topological polar surface area (TPSA) is 71.4 Å². The van der Waals surface area contributed by atoms with Gasteiger partial charge in [-0.15, -0.1) is 0 Å². The van der Waals surface area contributed by atoms with E-state index >= 15 is 0 Å². The van der Waals surface area contributed by atoms with Crippen molar-refractivity contribution in [1.29, 1.82) is 0 Å². The third-order valence-electron chi connectivity index (χ3n) is 4.16. The average molecular weight is 331 g/mol. The van der Waals surface area contributed by atoms with Gasteiger partial charge in [0.15, 0.2) is 4.90 Å². The van der Waals surface area contributed by atoms with E-state index in [1.165, 1.54) is 7.11 Å². The first kappa shape index (κ1) is 15.8. The Bertz CT molecular complexity index is 766. The number of hydrogen-bond acceptors (Lipinski definition) is 4. The van der Waals surface area contributed by atoms with Crippen molar-refractivity contribution < 1.29 is 18.9 Å². The molecule has 6 heteroatoms. The Hall–Kier alpha value is -2.05. The largest absolute Gasteiger partial charge is 0.612 e. The monoisotopic (exact) mass is 331 g/mol. The number of fused-ring (bicyclic) bond motifs is 1. The Morgan fingerprint density at radius 2 is 2.09 bits per heavy atom. The number of ketones is 1. The Morgan fingerprint density at radius 3 is 2.78 bits per heavy atom. The quantitative estimate of drug-likeness (QED) is 0.489. The molecular weight excluding hydrogens is 314 g/mol. The molecule has 0 saturated carbocycles. The molecule has 0 bridgehead atoms. The second kappa shape index (κ2) is 6.22. The molecule has 0 spiro atoms. The standard InChI is InChI=1S/C17H17NO4S/c1-22-17(20)13-8-9-18-14(13)6-7-15(18)16(19)11-4-3-5-12(10-11)23(2)21/h3-7,10,13H,8-9H2,1-2H3. The summed E-state index contributed by atoms with van der Waals surface area (Å²) in [5, 5.41) is 0. The normalized spacial score (nSPS) is 17.6. The highest BCUT2D eigenvalue weighted by molar-refractivity contribution is 7.90. The first-order valence-corrected chi connectivity index (χ1v) is 8.84. The van der Waals surface area contributed by atoms with Crippen LogP contribution in [0.25, 0.3) is 0 Å². The van der Waals surface area contributed by atoms with Gasteiger partial charge in [0, 0.05) is 23.9 Å². The van der Waals surface area contributed by atoms with Gasteiger partial charge in [0.2, 0.25) is 5.78 Å². The van der Waals surface area contributed by atoms with Crippen molar-refractivity contribution in [2.45, 2.75) is 23.8 Å². The van der Waals surface area contributed by atoms with E-state index in [1.807, 2.05) is 10.6 Å². The molecule has 5 nitrogen and oxygen atoms in total. The van der Waals surface area contributed by atoms with E-state index in [0.29, 0.717) is 29.1 Å². The first-order valence-electron chi connectivity index (χ1n) is 7.28. The van der Waals surface area contributed by atoms with Crippen LogP contribution in [0.5, 0.6) is 0 Å². The molecule has 1 aromatic carbocycles. The summed E-state index contributed by atoms with van der Waals surface area (Å²) >= 11 is -1.14. The number of aromatic nitrogens is 1. The maximum Gasteiger partial charge on any atom is 0.314 e. The molecule has 0 amide bonds. The first-order chi connectivity index (χ1) is 11.0. The minimum atomic E-state index is -1.14. The summed E-state index contributed by atoms with van der Waals surface area (Å²) in [6, 6.07) is 10.4. The van der Waals surface area contributed by atoms with E-state index in [0.717, 1.165) is 5.69 Å². The van der Waals surface area contributed by atoms with Gasteiger partial charge in [-0.2, -0.15) is 0 Å². The number of esters is 1. The molecule has 1 aliphatic rings. The lowest BCUT2D eigenvalue weighted by molar-refractivity contribution is -0.142. The second-order valence-corrected chi connectivity index (χ2v) is 6.85. The van der Waals surface area contributed by atoms with Crippen LogP contribution >= 0.6 is 0 Å². The van der Waals surface area contributed by atoms with Crippen LogP contribution in [0.15, 0.2) is 41.3 Å². The summed E-state index contributed by atoms with van der Waals surface area (Å²) in [7, 11) is 1.37. The lowest BCUT2D eigenvalue weighted by Gasteiger charge is -2.08. The van der Waals surface area contributed by atoms with Crippen molar-refractivity contribution in [3.05, 3.63) is 53.3 Å². The summed E-state index contributed by atoms with van der Waals surface area (Å²) in [5.41, 5.74) is 1.86. The predicted molar refractivity (Wildman–Crippen MR) is 86.0 cm³/mol. The zero-order chi connectivity index (χ0) is 16.6. The predicted octanol–water partition coefficient (Wildman–Crippen LogP) is 2.12. The molecule has 2 heterocycles. The van der Waals surface area contributed by atoms with Gasteiger partial charge in [-0.25, -0.2) is 0 Å². The molecule has 0 radical (unpaired) electrons. The van der Waals surface area contributed by atoms with E-state index in [9.17, 15) is 14.1 Å². The van der Waals surface area contributed by atoms with Gasteiger partial charge < -0.3 is 13.9 Å². The van der Waals surface area contributed by atoms with Crippen molar-refractivity contribution >= 4 is 22.9 Å². The van der Waals surface area contributed by atoms with E-state index in [1.54, 1.807) is 36.6 Å². The molecule has 0 aliphatic carbocycles. The van der Waals surface area contributed by atoms with Gasteiger partial charge >= 0.3 is 5.97 Å². The number of ether oxygens (including phenoxy) is 1. The molecular formula is C17H17NO4S. The minimum absolute atomic E-state index is 0.130. The molecule has 2 unspecified atom stereocenters. The second-order valence-electron chi connectivity index (χ2n) is 5.47. The SMILES string of the molecule is COC(=O)C1CCn2c(C(=O)c3cccc([S+](C)[O-])c3)ccc21. The summed E-state index contributed by atoms with van der Waals surface area (Å²) in [6.45, 7) is 0.614. The number of carbonyl (C=O) groups is 2. The Balaban J connectivity index is 1.94. The number of benzene rings is 1. The fourth-order valence-corrected chi connectivity index (χ4v) is 3.55. The van der Waals surface area contributed by atoms with Crippen molar-refractivity contribution in [1.82, 2.24) is 4.57 Å². The number of carbonyl (C=O) groups excluding carboxylic acids is 2. The molecule has 23 heavy (non-hydrogen) atoms. The van der Waals surface area contributed by atoms with Crippen LogP contribution in [0.2, 0.25) is 0 Å². The highest BCUT2D eigenvalue weighted by atomic mass is 32.2. The zero-order valence-electron chi connectivity index (χ0n) is 12.9. The minimum Gasteiger partial charge on any atom is -0.612 e. The third kappa shape index (κ3) is 2.80. The number of methoxy groups -OCH3 is 1. The van der Waals surface area contributed by atoms with Gasteiger partial charge in [0.1, 0.15) is 6.26 Å². The highest BCUT2D eigenvalue weighted by Crippen LogP contribution is 2.32. The van der Waals surface area contributed by atoms with Gasteiger partial charge in [0.25, 0.3) is 0 Å². The maximum atomic E-state index is 12.8. The van der Waals surface area contributed by atoms with E-state index in [-0.39, 0.29) is 17.7 Å². The van der Waals surface area contributed by atoms with Crippen LogP contribution in [0.3, 0.4) is 0 Å². The lowest BCUT2D eigenvalue weighted by Crippen LogP contribution is -2.12. The smallest absolute Gasteiger partial charge is 0.314 e. The molecule has 0 saturated heterocycles. The fourth-order valence-electron chi connectivity index (χ4n) is 2.99. The summed E-state index contributed by atoms with van der Waals surface area (Å²) < 4.78 is 18.3. The van der Waals surface area contributed by atoms with Crippen LogP contribution in [0.1, 0.15) is 34.1 Å². The maximum absolute atomic E-state index is 12.8. The molecule has 2 aromatic rings. The molecule has 1 aliphatic heterocycles. The van der Waals surface area contributed by atoms with Crippen LogP contribution in [0, 0.1) is 0 Å². The van der Waals surface area contributed by atoms with E-state index in [4.69, 9.17) is 4.74 Å². The van der Waals surface area contributed by atoms with Crippen LogP contribution < -0.4 is 0 Å². The third-order valence-corrected chi connectivity index (χ3v) is 5.08.